The molecule has 6 heteroatoms. The smallest absolute Gasteiger partial charge is 0.278 e. The van der Waals surface area contributed by atoms with Crippen LogP contribution in [-0.2, 0) is 0 Å². The van der Waals surface area contributed by atoms with Crippen LogP contribution in [0.4, 0.5) is 0 Å². The van der Waals surface area contributed by atoms with Crippen LogP contribution < -0.4 is 5.56 Å². The van der Waals surface area contributed by atoms with E-state index >= 15 is 0 Å². The summed E-state index contributed by atoms with van der Waals surface area (Å²) in [6.45, 7) is 0. The van der Waals surface area contributed by atoms with Gasteiger partial charge < -0.3 is 4.98 Å². The molecule has 0 amide bonds. The van der Waals surface area contributed by atoms with Crippen molar-refractivity contribution < 1.29 is 0 Å². The molecule has 5 rings (SSSR count). The van der Waals surface area contributed by atoms with Crippen LogP contribution in [0.1, 0.15) is 24.6 Å². The molecule has 0 spiro atoms. The van der Waals surface area contributed by atoms with Crippen molar-refractivity contribution >= 4 is 11.0 Å². The molecule has 25 heavy (non-hydrogen) atoms. The average molecular weight is 329 g/mol. The summed E-state index contributed by atoms with van der Waals surface area (Å²) in [4.78, 5) is 24.7. The second-order valence-corrected chi connectivity index (χ2v) is 6.25. The van der Waals surface area contributed by atoms with Gasteiger partial charge in [0.15, 0.2) is 17.3 Å². The predicted octanol–water partition coefficient (Wildman–Crippen LogP) is 3.05. The van der Waals surface area contributed by atoms with Crippen LogP contribution in [0.15, 0.2) is 59.4 Å². The zero-order chi connectivity index (χ0) is 16.8. The minimum Gasteiger partial charge on any atom is -0.319 e. The lowest BCUT2D eigenvalue weighted by molar-refractivity contribution is 0.836. The molecule has 1 aliphatic carbocycles. The molecule has 1 aliphatic rings. The van der Waals surface area contributed by atoms with Crippen molar-refractivity contribution in [3.05, 3.63) is 70.8 Å². The zero-order valence-corrected chi connectivity index (χ0v) is 13.4. The summed E-state index contributed by atoms with van der Waals surface area (Å²) in [7, 11) is 0. The van der Waals surface area contributed by atoms with Crippen LogP contribution in [0, 0.1) is 0 Å². The summed E-state index contributed by atoms with van der Waals surface area (Å²) < 4.78 is 1.72. The van der Waals surface area contributed by atoms with E-state index in [9.17, 15) is 4.79 Å². The van der Waals surface area contributed by atoms with Crippen LogP contribution in [0.2, 0.25) is 0 Å². The Morgan fingerprint density at radius 1 is 0.960 bits per heavy atom. The van der Waals surface area contributed by atoms with Crippen LogP contribution in [0.25, 0.3) is 28.2 Å². The van der Waals surface area contributed by atoms with Crippen molar-refractivity contribution in [2.45, 2.75) is 18.8 Å². The highest BCUT2D eigenvalue weighted by Gasteiger charge is 2.30. The molecular weight excluding hydrogens is 314 g/mol. The lowest BCUT2D eigenvalue weighted by Crippen LogP contribution is -2.14. The monoisotopic (exact) mass is 329 g/mol. The van der Waals surface area contributed by atoms with Crippen molar-refractivity contribution in [2.75, 3.05) is 0 Å². The fourth-order valence-corrected chi connectivity index (χ4v) is 2.93. The molecular formula is C19H15N5O. The number of hydrogen-bond donors (Lipinski definition) is 1. The highest BCUT2D eigenvalue weighted by molar-refractivity contribution is 5.76. The minimum absolute atomic E-state index is 0.259. The first-order chi connectivity index (χ1) is 12.3. The van der Waals surface area contributed by atoms with Crippen molar-refractivity contribution in [1.82, 2.24) is 24.7 Å². The van der Waals surface area contributed by atoms with Crippen LogP contribution >= 0.6 is 0 Å². The van der Waals surface area contributed by atoms with Gasteiger partial charge >= 0.3 is 0 Å². The van der Waals surface area contributed by atoms with E-state index in [4.69, 9.17) is 0 Å². The number of benzene rings is 2. The van der Waals surface area contributed by atoms with Gasteiger partial charge in [-0.15, -0.1) is 0 Å². The number of rotatable bonds is 3. The highest BCUT2D eigenvalue weighted by atomic mass is 16.1. The first-order valence-electron chi connectivity index (χ1n) is 8.31. The second kappa shape index (κ2) is 5.37. The average Bonchev–Trinajstić information content (AvgIpc) is 3.41. The number of para-hydroxylation sites is 3. The number of nitrogens with zero attached hydrogens (tertiary/aromatic N) is 4. The Bertz CT molecular complexity index is 1130. The van der Waals surface area contributed by atoms with E-state index in [1.54, 1.807) is 4.68 Å². The Balaban J connectivity index is 1.76. The molecule has 4 aromatic rings. The summed E-state index contributed by atoms with van der Waals surface area (Å²) in [6, 6.07) is 17.2. The van der Waals surface area contributed by atoms with E-state index in [1.165, 1.54) is 0 Å². The normalized spacial score (nSPS) is 14.1. The molecule has 2 aromatic carbocycles. The standard InChI is InChI=1S/C19H15N5O/c25-19-16(20-14-8-4-5-9-15(14)21-19)18-22-17(12-10-11-12)23-24(18)13-6-2-1-3-7-13/h1-9,12H,10-11H2,(H,21,25). The molecule has 6 nitrogen and oxygen atoms in total. The zero-order valence-electron chi connectivity index (χ0n) is 13.4. The van der Waals surface area contributed by atoms with Gasteiger partial charge in [0.1, 0.15) is 0 Å². The lowest BCUT2D eigenvalue weighted by atomic mass is 10.3. The third-order valence-corrected chi connectivity index (χ3v) is 4.38. The van der Waals surface area contributed by atoms with E-state index in [0.717, 1.165) is 29.9 Å². The van der Waals surface area contributed by atoms with Crippen molar-refractivity contribution in [1.29, 1.82) is 0 Å². The quantitative estimate of drug-likeness (QED) is 0.627. The number of aromatic amines is 1. The third kappa shape index (κ3) is 2.42. The lowest BCUT2D eigenvalue weighted by Gasteiger charge is -2.05. The Labute approximate surface area is 143 Å². The molecule has 2 heterocycles. The SMILES string of the molecule is O=c1[nH]c2ccccc2nc1-c1nc(C2CC2)nn1-c1ccccc1. The maximum Gasteiger partial charge on any atom is 0.278 e. The van der Waals surface area contributed by atoms with Crippen molar-refractivity contribution in [3.8, 4) is 17.2 Å². The van der Waals surface area contributed by atoms with Crippen molar-refractivity contribution in [3.63, 3.8) is 0 Å². The Kier molecular flexibility index (Phi) is 3.03. The number of hydrogen-bond acceptors (Lipinski definition) is 4. The summed E-state index contributed by atoms with van der Waals surface area (Å²) in [5.74, 6) is 1.66. The van der Waals surface area contributed by atoms with Gasteiger partial charge in [-0.3, -0.25) is 4.79 Å². The molecule has 0 unspecified atom stereocenters. The van der Waals surface area contributed by atoms with Gasteiger partial charge in [-0.25, -0.2) is 14.6 Å². The third-order valence-electron chi connectivity index (χ3n) is 4.38. The number of nitrogens with one attached hydrogen (secondary N) is 1. The first kappa shape index (κ1) is 14.1. The Morgan fingerprint density at radius 2 is 1.72 bits per heavy atom. The van der Waals surface area contributed by atoms with Gasteiger partial charge in [-0.2, -0.15) is 5.10 Å². The van der Waals surface area contributed by atoms with Gasteiger partial charge in [0, 0.05) is 5.92 Å². The molecule has 0 atom stereocenters. The van der Waals surface area contributed by atoms with Gasteiger partial charge in [-0.1, -0.05) is 30.3 Å². The molecule has 1 fully saturated rings. The van der Waals surface area contributed by atoms with E-state index in [1.807, 2.05) is 54.6 Å². The Hall–Kier alpha value is -3.28. The van der Waals surface area contributed by atoms with E-state index in [0.29, 0.717) is 23.0 Å². The first-order valence-corrected chi connectivity index (χ1v) is 8.31. The predicted molar refractivity (Wildman–Crippen MR) is 94.7 cm³/mol. The van der Waals surface area contributed by atoms with E-state index in [-0.39, 0.29) is 5.56 Å². The number of aromatic nitrogens is 5. The maximum absolute atomic E-state index is 12.6. The summed E-state index contributed by atoms with van der Waals surface area (Å²) in [5, 5.41) is 4.65. The van der Waals surface area contributed by atoms with Gasteiger partial charge in [0.25, 0.3) is 5.56 Å². The topological polar surface area (TPSA) is 76.5 Å². The van der Waals surface area contributed by atoms with Crippen LogP contribution in [-0.4, -0.2) is 24.7 Å². The minimum atomic E-state index is -0.259. The van der Waals surface area contributed by atoms with Crippen LogP contribution in [0.5, 0.6) is 0 Å². The molecule has 1 saturated carbocycles. The molecule has 1 N–H and O–H groups in total. The fraction of sp³-hybridized carbons (Fsp3) is 0.158. The Morgan fingerprint density at radius 3 is 2.52 bits per heavy atom. The summed E-state index contributed by atoms with van der Waals surface area (Å²) >= 11 is 0. The highest BCUT2D eigenvalue weighted by Crippen LogP contribution is 2.39. The fourth-order valence-electron chi connectivity index (χ4n) is 2.93. The second-order valence-electron chi connectivity index (χ2n) is 6.25. The van der Waals surface area contributed by atoms with Gasteiger partial charge in [0.2, 0.25) is 0 Å². The van der Waals surface area contributed by atoms with E-state index in [2.05, 4.69) is 20.1 Å². The largest absolute Gasteiger partial charge is 0.319 e. The molecule has 0 bridgehead atoms. The van der Waals surface area contributed by atoms with Gasteiger partial charge in [-0.05, 0) is 37.1 Å². The maximum atomic E-state index is 12.6. The molecule has 122 valence electrons. The summed E-state index contributed by atoms with van der Waals surface area (Å²) in [5.41, 5.74) is 2.34. The molecule has 0 radical (unpaired) electrons. The molecule has 0 aliphatic heterocycles. The summed E-state index contributed by atoms with van der Waals surface area (Å²) in [6.07, 6.45) is 2.19. The number of fused-ring (bicyclic) bond motifs is 1. The molecule has 0 saturated heterocycles. The van der Waals surface area contributed by atoms with Gasteiger partial charge in [0.05, 0.1) is 16.7 Å². The van der Waals surface area contributed by atoms with Crippen molar-refractivity contribution in [2.24, 2.45) is 0 Å². The van der Waals surface area contributed by atoms with E-state index < -0.39 is 0 Å². The molecule has 2 aromatic heterocycles. The number of H-pyrrole nitrogens is 1. The van der Waals surface area contributed by atoms with Crippen LogP contribution in [0.3, 0.4) is 0 Å².